The monoisotopic (exact) mass is 502 g/mol. The van der Waals surface area contributed by atoms with E-state index in [1.54, 1.807) is 7.11 Å². The summed E-state index contributed by atoms with van der Waals surface area (Å²) in [4.78, 5) is 32.2. The highest BCUT2D eigenvalue weighted by molar-refractivity contribution is 5.90. The second-order valence-electron chi connectivity index (χ2n) is 8.69. The summed E-state index contributed by atoms with van der Waals surface area (Å²) in [6, 6.07) is 25.4. The Morgan fingerprint density at radius 3 is 2.11 bits per heavy atom. The SMILES string of the molecule is COc1cccc(CCN(C(=O)C(c2ccccc2)c2ccccc2)C(CCCN=C(N)N)C(=O)O)c1. The third-order valence-electron chi connectivity index (χ3n) is 6.16. The number of hydrogen-bond acceptors (Lipinski definition) is 4. The van der Waals surface area contributed by atoms with E-state index in [9.17, 15) is 14.7 Å². The minimum Gasteiger partial charge on any atom is -0.497 e. The molecule has 0 saturated heterocycles. The van der Waals surface area contributed by atoms with Crippen LogP contribution in [0.2, 0.25) is 0 Å². The molecule has 0 bridgehead atoms. The van der Waals surface area contributed by atoms with Crippen LogP contribution in [0.1, 0.15) is 35.4 Å². The van der Waals surface area contributed by atoms with Crippen LogP contribution in [0.4, 0.5) is 0 Å². The van der Waals surface area contributed by atoms with Crippen LogP contribution >= 0.6 is 0 Å². The van der Waals surface area contributed by atoms with Gasteiger partial charge < -0.3 is 26.2 Å². The predicted molar refractivity (Wildman–Crippen MR) is 144 cm³/mol. The van der Waals surface area contributed by atoms with E-state index in [0.29, 0.717) is 18.6 Å². The lowest BCUT2D eigenvalue weighted by Gasteiger charge is -2.33. The topological polar surface area (TPSA) is 131 Å². The average molecular weight is 503 g/mol. The molecule has 0 heterocycles. The van der Waals surface area contributed by atoms with Gasteiger partial charge in [-0.2, -0.15) is 0 Å². The van der Waals surface area contributed by atoms with Gasteiger partial charge in [-0.3, -0.25) is 9.79 Å². The number of hydrogen-bond donors (Lipinski definition) is 3. The quantitative estimate of drug-likeness (QED) is 0.186. The molecule has 37 heavy (non-hydrogen) atoms. The molecule has 0 fully saturated rings. The van der Waals surface area contributed by atoms with Crippen LogP contribution in [0, 0.1) is 0 Å². The lowest BCUT2D eigenvalue weighted by atomic mass is 9.89. The average Bonchev–Trinajstić information content (AvgIpc) is 2.91. The van der Waals surface area contributed by atoms with E-state index in [-0.39, 0.29) is 31.4 Å². The zero-order chi connectivity index (χ0) is 26.6. The highest BCUT2D eigenvalue weighted by atomic mass is 16.5. The van der Waals surface area contributed by atoms with Crippen LogP contribution in [-0.2, 0) is 16.0 Å². The van der Waals surface area contributed by atoms with Crippen LogP contribution in [0.25, 0.3) is 0 Å². The van der Waals surface area contributed by atoms with Crippen LogP contribution in [0.15, 0.2) is 89.9 Å². The van der Waals surface area contributed by atoms with Crippen molar-refractivity contribution >= 4 is 17.8 Å². The zero-order valence-electron chi connectivity index (χ0n) is 21.0. The Kier molecular flexibility index (Phi) is 10.1. The van der Waals surface area contributed by atoms with Gasteiger partial charge in [0.15, 0.2) is 5.96 Å². The summed E-state index contributed by atoms with van der Waals surface area (Å²) in [5.41, 5.74) is 13.4. The molecule has 0 aromatic heterocycles. The molecule has 0 radical (unpaired) electrons. The first kappa shape index (κ1) is 27.3. The first-order valence-electron chi connectivity index (χ1n) is 12.2. The fourth-order valence-electron chi connectivity index (χ4n) is 4.34. The Hall–Kier alpha value is -4.33. The first-order chi connectivity index (χ1) is 17.9. The number of carboxylic acids is 1. The van der Waals surface area contributed by atoms with Gasteiger partial charge in [-0.25, -0.2) is 4.79 Å². The van der Waals surface area contributed by atoms with Gasteiger partial charge in [-0.1, -0.05) is 72.8 Å². The van der Waals surface area contributed by atoms with Crippen molar-refractivity contribution in [3.05, 3.63) is 102 Å². The fraction of sp³-hybridized carbons (Fsp3) is 0.276. The minimum absolute atomic E-state index is 0.0500. The van der Waals surface area contributed by atoms with E-state index in [0.717, 1.165) is 16.7 Å². The molecule has 5 N–H and O–H groups in total. The maximum absolute atomic E-state index is 14.2. The molecular weight excluding hydrogens is 468 g/mol. The van der Waals surface area contributed by atoms with Gasteiger partial charge in [-0.05, 0) is 48.1 Å². The van der Waals surface area contributed by atoms with E-state index < -0.39 is 17.9 Å². The number of nitrogens with zero attached hydrogens (tertiary/aromatic N) is 2. The van der Waals surface area contributed by atoms with Crippen LogP contribution in [-0.4, -0.2) is 54.1 Å². The number of carbonyl (C=O) groups excluding carboxylic acids is 1. The summed E-state index contributed by atoms with van der Waals surface area (Å²) >= 11 is 0. The molecule has 3 aromatic carbocycles. The van der Waals surface area contributed by atoms with Crippen LogP contribution < -0.4 is 16.2 Å². The van der Waals surface area contributed by atoms with Crippen molar-refractivity contribution in [1.29, 1.82) is 0 Å². The number of amides is 1. The van der Waals surface area contributed by atoms with Gasteiger partial charge in [0.2, 0.25) is 5.91 Å². The van der Waals surface area contributed by atoms with Crippen LogP contribution in [0.5, 0.6) is 5.75 Å². The highest BCUT2D eigenvalue weighted by Crippen LogP contribution is 2.29. The molecule has 0 spiro atoms. The second-order valence-corrected chi connectivity index (χ2v) is 8.69. The Morgan fingerprint density at radius 1 is 0.946 bits per heavy atom. The van der Waals surface area contributed by atoms with E-state index in [4.69, 9.17) is 16.2 Å². The number of rotatable bonds is 13. The van der Waals surface area contributed by atoms with Crippen molar-refractivity contribution < 1.29 is 19.4 Å². The molecule has 0 aliphatic carbocycles. The number of aliphatic carboxylic acids is 1. The van der Waals surface area contributed by atoms with Gasteiger partial charge in [0.05, 0.1) is 13.0 Å². The molecule has 0 aliphatic rings. The molecule has 8 heteroatoms. The molecule has 0 saturated carbocycles. The van der Waals surface area contributed by atoms with Gasteiger partial charge in [0.1, 0.15) is 11.8 Å². The number of methoxy groups -OCH3 is 1. The third-order valence-corrected chi connectivity index (χ3v) is 6.16. The molecular formula is C29H34N4O4. The molecule has 194 valence electrons. The summed E-state index contributed by atoms with van der Waals surface area (Å²) in [6.07, 6.45) is 1.10. The summed E-state index contributed by atoms with van der Waals surface area (Å²) in [5.74, 6) is -1.33. The number of guanidine groups is 1. The lowest BCUT2D eigenvalue weighted by Crippen LogP contribution is -2.48. The molecule has 1 amide bonds. The van der Waals surface area contributed by atoms with Crippen molar-refractivity contribution in [3.8, 4) is 5.75 Å². The lowest BCUT2D eigenvalue weighted by molar-refractivity contribution is -0.150. The smallest absolute Gasteiger partial charge is 0.326 e. The second kappa shape index (κ2) is 13.7. The van der Waals surface area contributed by atoms with Crippen molar-refractivity contribution in [2.45, 2.75) is 31.2 Å². The van der Waals surface area contributed by atoms with Crippen molar-refractivity contribution in [1.82, 2.24) is 4.90 Å². The standard InChI is InChI=1S/C29H34N4O4/c1-37-24-15-8-10-21(20-24)17-19-33(25(28(35)36)16-9-18-32-29(30)31)27(34)26(22-11-4-2-5-12-22)23-13-6-3-7-14-23/h2-8,10-15,20,25-26H,9,16-19H2,1H3,(H,35,36)(H4,30,31,32). The van der Waals surface area contributed by atoms with E-state index in [1.807, 2.05) is 84.9 Å². The van der Waals surface area contributed by atoms with Crippen molar-refractivity contribution in [2.75, 3.05) is 20.2 Å². The van der Waals surface area contributed by atoms with Gasteiger partial charge in [0.25, 0.3) is 0 Å². The summed E-state index contributed by atoms with van der Waals surface area (Å²) in [5, 5.41) is 10.2. The number of nitrogens with two attached hydrogens (primary N) is 2. The molecule has 3 rings (SSSR count). The maximum atomic E-state index is 14.2. The van der Waals surface area contributed by atoms with Gasteiger partial charge in [0, 0.05) is 13.1 Å². The number of ether oxygens (including phenoxy) is 1. The number of aliphatic imine (C=N–C) groups is 1. The summed E-state index contributed by atoms with van der Waals surface area (Å²) in [6.45, 7) is 0.506. The van der Waals surface area contributed by atoms with Gasteiger partial charge >= 0.3 is 5.97 Å². The zero-order valence-corrected chi connectivity index (χ0v) is 21.0. The molecule has 3 aromatic rings. The van der Waals surface area contributed by atoms with E-state index in [2.05, 4.69) is 4.99 Å². The van der Waals surface area contributed by atoms with E-state index in [1.165, 1.54) is 4.90 Å². The predicted octanol–water partition coefficient (Wildman–Crippen LogP) is 3.41. The molecule has 1 unspecified atom stereocenters. The highest BCUT2D eigenvalue weighted by Gasteiger charge is 2.34. The largest absolute Gasteiger partial charge is 0.497 e. The Balaban J connectivity index is 1.97. The van der Waals surface area contributed by atoms with E-state index >= 15 is 0 Å². The number of benzene rings is 3. The van der Waals surface area contributed by atoms with Crippen molar-refractivity contribution in [3.63, 3.8) is 0 Å². The summed E-state index contributed by atoms with van der Waals surface area (Å²) < 4.78 is 5.33. The molecule has 0 aliphatic heterocycles. The van der Waals surface area contributed by atoms with Crippen molar-refractivity contribution in [2.24, 2.45) is 16.5 Å². The summed E-state index contributed by atoms with van der Waals surface area (Å²) in [7, 11) is 1.59. The number of carboxylic acid groups (broad SMARTS) is 1. The van der Waals surface area contributed by atoms with Crippen LogP contribution in [0.3, 0.4) is 0 Å². The maximum Gasteiger partial charge on any atom is 0.326 e. The molecule has 1 atom stereocenters. The first-order valence-corrected chi connectivity index (χ1v) is 12.2. The Labute approximate surface area is 217 Å². The Morgan fingerprint density at radius 2 is 1.57 bits per heavy atom. The number of carbonyl (C=O) groups is 2. The minimum atomic E-state index is -1.07. The van der Waals surface area contributed by atoms with Gasteiger partial charge in [-0.15, -0.1) is 0 Å². The third kappa shape index (κ3) is 7.83. The molecule has 8 nitrogen and oxygen atoms in total. The normalized spacial score (nSPS) is 11.5. The Bertz CT molecular complexity index is 1140. The fourth-order valence-corrected chi connectivity index (χ4v) is 4.34.